The SMILES string of the molecule is CC(C)(CCc1ccccc1)NC(=O)c1nonc1N. The number of nitrogens with one attached hydrogen (secondary N) is 1. The number of rotatable bonds is 5. The lowest BCUT2D eigenvalue weighted by Crippen LogP contribution is -2.44. The predicted molar refractivity (Wildman–Crippen MR) is 75.0 cm³/mol. The van der Waals surface area contributed by atoms with Crippen LogP contribution in [0.4, 0.5) is 5.82 Å². The minimum Gasteiger partial charge on any atom is -0.379 e. The highest BCUT2D eigenvalue weighted by Gasteiger charge is 2.24. The van der Waals surface area contributed by atoms with Crippen LogP contribution >= 0.6 is 0 Å². The summed E-state index contributed by atoms with van der Waals surface area (Å²) < 4.78 is 4.42. The van der Waals surface area contributed by atoms with Crippen LogP contribution in [0.2, 0.25) is 0 Å². The van der Waals surface area contributed by atoms with E-state index in [4.69, 9.17) is 5.73 Å². The van der Waals surface area contributed by atoms with E-state index < -0.39 is 0 Å². The van der Waals surface area contributed by atoms with Crippen LogP contribution in [-0.4, -0.2) is 21.8 Å². The van der Waals surface area contributed by atoms with Gasteiger partial charge in [0.1, 0.15) is 0 Å². The Morgan fingerprint density at radius 2 is 2.00 bits per heavy atom. The smallest absolute Gasteiger partial charge is 0.277 e. The number of benzene rings is 1. The average Bonchev–Trinajstić information content (AvgIpc) is 2.84. The van der Waals surface area contributed by atoms with E-state index in [1.54, 1.807) is 0 Å². The first-order chi connectivity index (χ1) is 9.48. The number of aromatic nitrogens is 2. The fourth-order valence-corrected chi connectivity index (χ4v) is 1.88. The van der Waals surface area contributed by atoms with E-state index in [9.17, 15) is 4.79 Å². The molecule has 20 heavy (non-hydrogen) atoms. The van der Waals surface area contributed by atoms with E-state index in [1.807, 2.05) is 32.0 Å². The molecule has 0 fully saturated rings. The van der Waals surface area contributed by atoms with E-state index in [0.717, 1.165) is 12.8 Å². The van der Waals surface area contributed by atoms with Crippen LogP contribution in [0.5, 0.6) is 0 Å². The number of hydrogen-bond donors (Lipinski definition) is 2. The van der Waals surface area contributed by atoms with Gasteiger partial charge in [-0.05, 0) is 42.6 Å². The molecule has 0 aliphatic rings. The predicted octanol–water partition coefficient (Wildman–Crippen LogP) is 1.79. The zero-order chi connectivity index (χ0) is 14.6. The number of amides is 1. The summed E-state index contributed by atoms with van der Waals surface area (Å²) in [5.41, 5.74) is 6.38. The van der Waals surface area contributed by atoms with Gasteiger partial charge in [-0.1, -0.05) is 30.3 Å². The number of aryl methyl sites for hydroxylation is 1. The number of nitrogens with two attached hydrogens (primary N) is 1. The van der Waals surface area contributed by atoms with Gasteiger partial charge in [-0.3, -0.25) is 4.79 Å². The first-order valence-electron chi connectivity index (χ1n) is 6.42. The fourth-order valence-electron chi connectivity index (χ4n) is 1.88. The normalized spacial score (nSPS) is 11.3. The molecule has 0 atom stereocenters. The summed E-state index contributed by atoms with van der Waals surface area (Å²) in [4.78, 5) is 12.0. The monoisotopic (exact) mass is 274 g/mol. The van der Waals surface area contributed by atoms with Crippen molar-refractivity contribution in [2.75, 3.05) is 5.73 Å². The van der Waals surface area contributed by atoms with Crippen molar-refractivity contribution in [3.05, 3.63) is 41.6 Å². The summed E-state index contributed by atoms with van der Waals surface area (Å²) in [5, 5.41) is 9.78. The fraction of sp³-hybridized carbons (Fsp3) is 0.357. The Kier molecular flexibility index (Phi) is 4.02. The van der Waals surface area contributed by atoms with Gasteiger partial charge in [0.15, 0.2) is 0 Å². The molecule has 0 aliphatic heterocycles. The van der Waals surface area contributed by atoms with Gasteiger partial charge in [-0.15, -0.1) is 0 Å². The highest BCUT2D eigenvalue weighted by atomic mass is 16.6. The highest BCUT2D eigenvalue weighted by molar-refractivity contribution is 5.96. The zero-order valence-electron chi connectivity index (χ0n) is 11.6. The third kappa shape index (κ3) is 3.57. The minimum absolute atomic E-state index is 0.00126. The average molecular weight is 274 g/mol. The lowest BCUT2D eigenvalue weighted by atomic mass is 9.95. The maximum Gasteiger partial charge on any atom is 0.277 e. The van der Waals surface area contributed by atoms with Gasteiger partial charge in [-0.2, -0.15) is 0 Å². The highest BCUT2D eigenvalue weighted by Crippen LogP contribution is 2.15. The molecule has 0 radical (unpaired) electrons. The number of hydrogen-bond acceptors (Lipinski definition) is 5. The standard InChI is InChI=1S/C14H18N4O2/c1-14(2,9-8-10-6-4-3-5-7-10)16-13(19)11-12(15)18-20-17-11/h3-7H,8-9H2,1-2H3,(H2,15,18)(H,16,19). The van der Waals surface area contributed by atoms with Crippen molar-refractivity contribution in [2.45, 2.75) is 32.2 Å². The van der Waals surface area contributed by atoms with Crippen LogP contribution in [0.3, 0.4) is 0 Å². The van der Waals surface area contributed by atoms with E-state index in [-0.39, 0.29) is 23.0 Å². The van der Waals surface area contributed by atoms with Crippen LogP contribution in [-0.2, 0) is 6.42 Å². The number of carbonyl (C=O) groups excluding carboxylic acids is 1. The molecule has 0 bridgehead atoms. The molecule has 3 N–H and O–H groups in total. The first kappa shape index (κ1) is 14.0. The van der Waals surface area contributed by atoms with Crippen molar-refractivity contribution in [3.63, 3.8) is 0 Å². The molecular weight excluding hydrogens is 256 g/mol. The Hall–Kier alpha value is -2.37. The summed E-state index contributed by atoms with van der Waals surface area (Å²) in [5.74, 6) is -0.372. The van der Waals surface area contributed by atoms with Gasteiger partial charge < -0.3 is 11.1 Å². The maximum atomic E-state index is 12.0. The van der Waals surface area contributed by atoms with Crippen molar-refractivity contribution in [1.29, 1.82) is 0 Å². The first-order valence-corrected chi connectivity index (χ1v) is 6.42. The molecule has 2 rings (SSSR count). The molecule has 0 aliphatic carbocycles. The van der Waals surface area contributed by atoms with Crippen molar-refractivity contribution >= 4 is 11.7 Å². The van der Waals surface area contributed by atoms with Crippen LogP contribution < -0.4 is 11.1 Å². The van der Waals surface area contributed by atoms with E-state index in [2.05, 4.69) is 32.4 Å². The van der Waals surface area contributed by atoms with Crippen molar-refractivity contribution in [2.24, 2.45) is 0 Å². The topological polar surface area (TPSA) is 94.0 Å². The molecule has 1 aromatic heterocycles. The number of nitrogens with zero attached hydrogens (tertiary/aromatic N) is 2. The quantitative estimate of drug-likeness (QED) is 0.867. The second-order valence-electron chi connectivity index (χ2n) is 5.32. The second kappa shape index (κ2) is 5.73. The van der Waals surface area contributed by atoms with Gasteiger partial charge in [0, 0.05) is 5.54 Å². The Bertz CT molecular complexity index is 578. The van der Waals surface area contributed by atoms with Gasteiger partial charge in [0.05, 0.1) is 0 Å². The molecule has 106 valence electrons. The minimum atomic E-state index is -0.377. The van der Waals surface area contributed by atoms with E-state index in [0.29, 0.717) is 0 Å². The summed E-state index contributed by atoms with van der Waals surface area (Å²) in [6.07, 6.45) is 1.68. The zero-order valence-corrected chi connectivity index (χ0v) is 11.6. The molecule has 1 aromatic carbocycles. The van der Waals surface area contributed by atoms with Crippen LogP contribution in [0.1, 0.15) is 36.3 Å². The molecule has 0 saturated heterocycles. The summed E-state index contributed by atoms with van der Waals surface area (Å²) in [7, 11) is 0. The summed E-state index contributed by atoms with van der Waals surface area (Å²) in [6.45, 7) is 3.91. The number of carbonyl (C=O) groups is 1. The maximum absolute atomic E-state index is 12.0. The van der Waals surface area contributed by atoms with Crippen molar-refractivity contribution in [1.82, 2.24) is 15.6 Å². The third-order valence-corrected chi connectivity index (χ3v) is 3.06. The molecule has 6 heteroatoms. The summed E-state index contributed by atoms with van der Waals surface area (Å²) in [6, 6.07) is 10.1. The lowest BCUT2D eigenvalue weighted by molar-refractivity contribution is 0.0900. The van der Waals surface area contributed by atoms with Crippen molar-refractivity contribution < 1.29 is 9.42 Å². The molecule has 0 spiro atoms. The molecule has 0 unspecified atom stereocenters. The van der Waals surface area contributed by atoms with Gasteiger partial charge in [0.25, 0.3) is 5.91 Å². The van der Waals surface area contributed by atoms with Gasteiger partial charge in [-0.25, -0.2) is 4.63 Å². The Balaban J connectivity index is 1.94. The molecule has 0 saturated carbocycles. The molecule has 2 aromatic rings. The molecule has 1 amide bonds. The Morgan fingerprint density at radius 3 is 2.60 bits per heavy atom. The van der Waals surface area contributed by atoms with E-state index >= 15 is 0 Å². The Morgan fingerprint density at radius 1 is 1.30 bits per heavy atom. The third-order valence-electron chi connectivity index (χ3n) is 3.06. The molecule has 1 heterocycles. The van der Waals surface area contributed by atoms with Crippen LogP contribution in [0.25, 0.3) is 0 Å². The molecule has 6 nitrogen and oxygen atoms in total. The lowest BCUT2D eigenvalue weighted by Gasteiger charge is -2.25. The number of anilines is 1. The van der Waals surface area contributed by atoms with Gasteiger partial charge in [0.2, 0.25) is 11.5 Å². The van der Waals surface area contributed by atoms with Crippen LogP contribution in [0, 0.1) is 0 Å². The van der Waals surface area contributed by atoms with E-state index in [1.165, 1.54) is 5.56 Å². The van der Waals surface area contributed by atoms with Gasteiger partial charge >= 0.3 is 0 Å². The Labute approximate surface area is 117 Å². The number of nitrogen functional groups attached to an aromatic ring is 1. The van der Waals surface area contributed by atoms with Crippen LogP contribution in [0.15, 0.2) is 35.0 Å². The second-order valence-corrected chi connectivity index (χ2v) is 5.32. The summed E-state index contributed by atoms with van der Waals surface area (Å²) >= 11 is 0. The largest absolute Gasteiger partial charge is 0.379 e. The molecular formula is C14H18N4O2. The van der Waals surface area contributed by atoms with Crippen molar-refractivity contribution in [3.8, 4) is 0 Å².